The number of nitrogens with zero attached hydrogens (tertiary/aromatic N) is 2. The van der Waals surface area contributed by atoms with Crippen LogP contribution < -0.4 is 5.32 Å². The molecule has 6 nitrogen and oxygen atoms in total. The van der Waals surface area contributed by atoms with Gasteiger partial charge in [0.25, 0.3) is 5.91 Å². The predicted octanol–water partition coefficient (Wildman–Crippen LogP) is 5.28. The quantitative estimate of drug-likeness (QED) is 0.544. The van der Waals surface area contributed by atoms with Crippen LogP contribution in [0, 0.1) is 0 Å². The zero-order chi connectivity index (χ0) is 21.8. The van der Waals surface area contributed by atoms with E-state index in [1.165, 1.54) is 11.3 Å². The number of hydrogen-bond donors (Lipinski definition) is 1. The Morgan fingerprint density at radius 3 is 2.26 bits per heavy atom. The monoisotopic (exact) mass is 475 g/mol. The number of hydrogen-bond acceptors (Lipinski definition) is 5. The van der Waals surface area contributed by atoms with Crippen molar-refractivity contribution in [3.05, 3.63) is 64.5 Å². The van der Waals surface area contributed by atoms with Gasteiger partial charge in [-0.25, -0.2) is 13.4 Å². The number of carbonyl (C=O) groups excluding carboxylic acids is 1. The van der Waals surface area contributed by atoms with Crippen LogP contribution in [-0.2, 0) is 10.0 Å². The second-order valence-corrected chi connectivity index (χ2v) is 10.6. The Kier molecular flexibility index (Phi) is 6.71. The van der Waals surface area contributed by atoms with E-state index in [-0.39, 0.29) is 5.91 Å². The maximum absolute atomic E-state index is 12.9. The minimum atomic E-state index is -3.48. The minimum Gasteiger partial charge on any atom is -0.298 e. The number of aromatic nitrogens is 1. The molecule has 4 rings (SSSR count). The number of benzene rings is 2. The normalized spacial score (nSPS) is 15.4. The maximum Gasteiger partial charge on any atom is 0.257 e. The number of carbonyl (C=O) groups is 1. The molecule has 0 aliphatic carbocycles. The lowest BCUT2D eigenvalue weighted by Gasteiger charge is -2.19. The van der Waals surface area contributed by atoms with Gasteiger partial charge in [0.2, 0.25) is 10.0 Å². The topological polar surface area (TPSA) is 79.4 Å². The molecule has 1 aliphatic rings. The van der Waals surface area contributed by atoms with Crippen molar-refractivity contribution in [2.45, 2.75) is 30.6 Å². The fourth-order valence-corrected chi connectivity index (χ4v) is 5.82. The third kappa shape index (κ3) is 5.15. The summed E-state index contributed by atoms with van der Waals surface area (Å²) in [6.45, 7) is 1.15. The molecule has 3 aromatic rings. The van der Waals surface area contributed by atoms with E-state index in [0.717, 1.165) is 31.2 Å². The highest BCUT2D eigenvalue weighted by Crippen LogP contribution is 2.27. The summed E-state index contributed by atoms with van der Waals surface area (Å²) in [5.74, 6) is -0.267. The molecule has 9 heteroatoms. The summed E-state index contributed by atoms with van der Waals surface area (Å²) in [6.07, 6.45) is 3.96. The molecule has 0 spiro atoms. The van der Waals surface area contributed by atoms with Gasteiger partial charge in [-0.15, -0.1) is 11.3 Å². The van der Waals surface area contributed by atoms with E-state index in [4.69, 9.17) is 11.6 Å². The van der Waals surface area contributed by atoms with Crippen molar-refractivity contribution in [1.29, 1.82) is 0 Å². The minimum absolute atomic E-state index is 0.267. The second kappa shape index (κ2) is 9.48. The molecule has 1 saturated heterocycles. The van der Waals surface area contributed by atoms with Gasteiger partial charge in [0.05, 0.1) is 10.6 Å². The first-order valence-electron chi connectivity index (χ1n) is 10.1. The van der Waals surface area contributed by atoms with Crippen molar-refractivity contribution >= 4 is 44.0 Å². The number of amides is 1. The molecule has 1 aromatic heterocycles. The molecule has 1 amide bonds. The summed E-state index contributed by atoms with van der Waals surface area (Å²) < 4.78 is 27.4. The highest BCUT2D eigenvalue weighted by Gasteiger charge is 2.25. The van der Waals surface area contributed by atoms with Crippen molar-refractivity contribution in [2.75, 3.05) is 18.4 Å². The molecule has 0 saturated carbocycles. The van der Waals surface area contributed by atoms with Crippen LogP contribution in [0.15, 0.2) is 58.8 Å². The predicted molar refractivity (Wildman–Crippen MR) is 124 cm³/mol. The standard InChI is InChI=1S/C22H22ClN3O3S2/c23-18-9-5-17(6-10-18)21(27)25-22-24-20(15-30-22)16-7-11-19(12-8-16)31(28,29)26-13-3-1-2-4-14-26/h5-12,15H,1-4,13-14H2,(H,24,25,27). The van der Waals surface area contributed by atoms with Gasteiger partial charge in [-0.2, -0.15) is 4.31 Å². The Labute approximate surface area is 190 Å². The molecular weight excluding hydrogens is 454 g/mol. The van der Waals surface area contributed by atoms with E-state index < -0.39 is 10.0 Å². The van der Waals surface area contributed by atoms with Crippen molar-refractivity contribution in [3.63, 3.8) is 0 Å². The number of thiazole rings is 1. The Balaban J connectivity index is 1.46. The lowest BCUT2D eigenvalue weighted by molar-refractivity contribution is 0.102. The van der Waals surface area contributed by atoms with Crippen molar-refractivity contribution in [1.82, 2.24) is 9.29 Å². The van der Waals surface area contributed by atoms with Crippen molar-refractivity contribution in [3.8, 4) is 11.3 Å². The van der Waals surface area contributed by atoms with Gasteiger partial charge < -0.3 is 0 Å². The van der Waals surface area contributed by atoms with Gasteiger partial charge in [-0.3, -0.25) is 10.1 Å². The molecule has 1 N–H and O–H groups in total. The Bertz CT molecular complexity index is 1150. The molecular formula is C22H22ClN3O3S2. The number of anilines is 1. The average Bonchev–Trinajstić information content (AvgIpc) is 3.05. The summed E-state index contributed by atoms with van der Waals surface area (Å²) in [6, 6.07) is 13.4. The van der Waals surface area contributed by atoms with E-state index in [1.807, 2.05) is 5.38 Å². The first-order chi connectivity index (χ1) is 14.9. The fourth-order valence-electron chi connectivity index (χ4n) is 3.46. The SMILES string of the molecule is O=C(Nc1nc(-c2ccc(S(=O)(=O)N3CCCCCC3)cc2)cs1)c1ccc(Cl)cc1. The molecule has 0 unspecified atom stereocenters. The molecule has 0 radical (unpaired) electrons. The molecule has 0 atom stereocenters. The third-order valence-electron chi connectivity index (χ3n) is 5.18. The first kappa shape index (κ1) is 22.0. The molecule has 2 heterocycles. The summed E-state index contributed by atoms with van der Waals surface area (Å²) in [4.78, 5) is 17.1. The summed E-state index contributed by atoms with van der Waals surface area (Å²) in [5.41, 5.74) is 1.96. The summed E-state index contributed by atoms with van der Waals surface area (Å²) in [5, 5.41) is 5.64. The van der Waals surface area contributed by atoms with E-state index >= 15 is 0 Å². The van der Waals surface area contributed by atoms with E-state index in [2.05, 4.69) is 10.3 Å². The lowest BCUT2D eigenvalue weighted by atomic mass is 10.2. The van der Waals surface area contributed by atoms with Gasteiger partial charge in [0, 0.05) is 34.6 Å². The highest BCUT2D eigenvalue weighted by molar-refractivity contribution is 7.89. The zero-order valence-corrected chi connectivity index (χ0v) is 19.1. The van der Waals surface area contributed by atoms with Gasteiger partial charge in [-0.1, -0.05) is 36.6 Å². The van der Waals surface area contributed by atoms with E-state index in [9.17, 15) is 13.2 Å². The fraction of sp³-hybridized carbons (Fsp3) is 0.273. The van der Waals surface area contributed by atoms with Crippen LogP contribution in [0.2, 0.25) is 5.02 Å². The average molecular weight is 476 g/mol. The Morgan fingerprint density at radius 2 is 1.61 bits per heavy atom. The zero-order valence-electron chi connectivity index (χ0n) is 16.8. The van der Waals surface area contributed by atoms with Crippen LogP contribution in [0.3, 0.4) is 0 Å². The van der Waals surface area contributed by atoms with Gasteiger partial charge >= 0.3 is 0 Å². The van der Waals surface area contributed by atoms with Crippen molar-refractivity contribution in [2.24, 2.45) is 0 Å². The van der Waals surface area contributed by atoms with Crippen molar-refractivity contribution < 1.29 is 13.2 Å². The number of nitrogens with one attached hydrogen (secondary N) is 1. The van der Waals surface area contributed by atoms with Gasteiger partial charge in [0.15, 0.2) is 5.13 Å². The first-order valence-corrected chi connectivity index (χ1v) is 12.8. The smallest absolute Gasteiger partial charge is 0.257 e. The third-order valence-corrected chi connectivity index (χ3v) is 8.11. The Hall–Kier alpha value is -2.26. The second-order valence-electron chi connectivity index (χ2n) is 7.34. The van der Waals surface area contributed by atoms with Crippen LogP contribution in [0.5, 0.6) is 0 Å². The van der Waals surface area contributed by atoms with Crippen LogP contribution >= 0.6 is 22.9 Å². The van der Waals surface area contributed by atoms with Crippen LogP contribution in [0.1, 0.15) is 36.0 Å². The number of rotatable bonds is 5. The van der Waals surface area contributed by atoms with Gasteiger partial charge in [0.1, 0.15) is 0 Å². The highest BCUT2D eigenvalue weighted by atomic mass is 35.5. The van der Waals surface area contributed by atoms with E-state index in [1.54, 1.807) is 52.8 Å². The van der Waals surface area contributed by atoms with Crippen LogP contribution in [-0.4, -0.2) is 36.7 Å². The molecule has 2 aromatic carbocycles. The summed E-state index contributed by atoms with van der Waals surface area (Å²) >= 11 is 7.17. The lowest BCUT2D eigenvalue weighted by Crippen LogP contribution is -2.31. The van der Waals surface area contributed by atoms with Crippen LogP contribution in [0.4, 0.5) is 5.13 Å². The summed E-state index contributed by atoms with van der Waals surface area (Å²) in [7, 11) is -3.48. The van der Waals surface area contributed by atoms with Gasteiger partial charge in [-0.05, 0) is 49.2 Å². The molecule has 31 heavy (non-hydrogen) atoms. The molecule has 1 aliphatic heterocycles. The molecule has 162 valence electrons. The largest absolute Gasteiger partial charge is 0.298 e. The molecule has 0 bridgehead atoms. The number of sulfonamides is 1. The maximum atomic E-state index is 12.9. The Morgan fingerprint density at radius 1 is 0.968 bits per heavy atom. The number of halogens is 1. The van der Waals surface area contributed by atoms with Crippen LogP contribution in [0.25, 0.3) is 11.3 Å². The molecule has 1 fully saturated rings. The van der Waals surface area contributed by atoms with E-state index in [0.29, 0.717) is 39.4 Å².